The third-order valence-corrected chi connectivity index (χ3v) is 12.1. The number of aryl methyl sites for hydroxylation is 1. The smallest absolute Gasteiger partial charge is 0.264 e. The summed E-state index contributed by atoms with van der Waals surface area (Å²) in [5.41, 5.74) is 2.12. The van der Waals surface area contributed by atoms with Crippen LogP contribution in [0.1, 0.15) is 62.7 Å². The molecule has 2 aliphatic rings. The zero-order chi connectivity index (χ0) is 26.5. The Labute approximate surface area is 220 Å². The second kappa shape index (κ2) is 9.72. The number of hydrogen-bond donors (Lipinski definition) is 3. The summed E-state index contributed by atoms with van der Waals surface area (Å²) in [5, 5.41) is 23.1. The topological polar surface area (TPSA) is 124 Å². The van der Waals surface area contributed by atoms with Crippen molar-refractivity contribution >= 4 is 44.6 Å². The van der Waals surface area contributed by atoms with Gasteiger partial charge in [-0.3, -0.25) is 9.59 Å². The number of amides is 2. The monoisotopic (exact) mass is 554 g/mol. The Kier molecular flexibility index (Phi) is 7.31. The van der Waals surface area contributed by atoms with Crippen LogP contribution < -0.4 is 5.32 Å². The van der Waals surface area contributed by atoms with Crippen LogP contribution >= 0.6 is 22.9 Å². The van der Waals surface area contributed by atoms with E-state index in [0.29, 0.717) is 53.4 Å². The summed E-state index contributed by atoms with van der Waals surface area (Å²) >= 11 is 7.17. The van der Waals surface area contributed by atoms with E-state index in [1.807, 2.05) is 19.1 Å². The van der Waals surface area contributed by atoms with Crippen LogP contribution in [-0.4, -0.2) is 70.6 Å². The minimum atomic E-state index is -3.86. The third-order valence-electron chi connectivity index (χ3n) is 7.41. The highest BCUT2D eigenvalue weighted by Gasteiger charge is 2.62. The van der Waals surface area contributed by atoms with Gasteiger partial charge in [-0.15, -0.1) is 11.3 Å². The van der Waals surface area contributed by atoms with E-state index in [1.54, 1.807) is 17.0 Å². The molecule has 11 heteroatoms. The Hall–Kier alpha value is -1.98. The van der Waals surface area contributed by atoms with Crippen molar-refractivity contribution in [1.29, 1.82) is 0 Å². The molecule has 0 spiro atoms. The van der Waals surface area contributed by atoms with E-state index in [0.717, 1.165) is 10.4 Å². The van der Waals surface area contributed by atoms with Gasteiger partial charge in [0.2, 0.25) is 0 Å². The van der Waals surface area contributed by atoms with E-state index in [4.69, 9.17) is 11.6 Å². The molecule has 1 fully saturated rings. The lowest BCUT2D eigenvalue weighted by atomic mass is 10.0. The standard InChI is InChI=1S/C25H31ClN2O6S2/c1-15-20(22(31)27-12-16-4-6-17(26)7-5-16)18-8-11-28(23(32)21(18)35-15)14-25(9-10-25)36(33,34)24(2,3)19(30)13-29/h4-7,19,29-30H,8-14H2,1-3H3,(H,27,31). The molecule has 3 N–H and O–H groups in total. The minimum absolute atomic E-state index is 0.0320. The molecule has 1 aromatic carbocycles. The number of sulfone groups is 1. The van der Waals surface area contributed by atoms with Crippen LogP contribution in [0.3, 0.4) is 0 Å². The average Bonchev–Trinajstić information content (AvgIpc) is 3.55. The van der Waals surface area contributed by atoms with E-state index < -0.39 is 32.0 Å². The fraction of sp³-hybridized carbons (Fsp3) is 0.520. The molecule has 8 nitrogen and oxygen atoms in total. The summed E-state index contributed by atoms with van der Waals surface area (Å²) < 4.78 is 24.2. The Bertz CT molecular complexity index is 1280. The summed E-state index contributed by atoms with van der Waals surface area (Å²) in [6, 6.07) is 7.18. The lowest BCUT2D eigenvalue weighted by Crippen LogP contribution is -2.55. The van der Waals surface area contributed by atoms with Crippen molar-refractivity contribution in [2.75, 3.05) is 19.7 Å². The predicted octanol–water partition coefficient (Wildman–Crippen LogP) is 2.72. The maximum atomic E-state index is 13.5. The van der Waals surface area contributed by atoms with Crippen LogP contribution in [0.5, 0.6) is 0 Å². The molecule has 1 unspecified atom stereocenters. The fourth-order valence-electron chi connectivity index (χ4n) is 4.77. The van der Waals surface area contributed by atoms with Crippen LogP contribution in [0.4, 0.5) is 0 Å². The molecule has 1 saturated carbocycles. The second-order valence-electron chi connectivity index (χ2n) is 10.1. The Morgan fingerprint density at radius 3 is 2.50 bits per heavy atom. The number of thiophene rings is 1. The van der Waals surface area contributed by atoms with Crippen LogP contribution in [0, 0.1) is 6.92 Å². The quantitative estimate of drug-likeness (QED) is 0.438. The third kappa shape index (κ3) is 4.58. The second-order valence-corrected chi connectivity index (χ2v) is 14.7. The lowest BCUT2D eigenvalue weighted by molar-refractivity contribution is 0.0676. The maximum absolute atomic E-state index is 13.5. The average molecular weight is 555 g/mol. The van der Waals surface area contributed by atoms with Gasteiger partial charge in [0.25, 0.3) is 11.8 Å². The highest BCUT2D eigenvalue weighted by atomic mass is 35.5. The Morgan fingerprint density at radius 2 is 1.92 bits per heavy atom. The first-order valence-electron chi connectivity index (χ1n) is 11.8. The number of aliphatic hydroxyl groups excluding tert-OH is 2. The van der Waals surface area contributed by atoms with Gasteiger partial charge in [-0.1, -0.05) is 23.7 Å². The number of hydrogen-bond acceptors (Lipinski definition) is 7. The molecule has 2 heterocycles. The van der Waals surface area contributed by atoms with Gasteiger partial charge < -0.3 is 20.4 Å². The summed E-state index contributed by atoms with van der Waals surface area (Å²) in [5.74, 6) is -0.523. The molecule has 196 valence electrons. The lowest BCUT2D eigenvalue weighted by Gasteiger charge is -2.36. The van der Waals surface area contributed by atoms with E-state index in [9.17, 15) is 28.2 Å². The SMILES string of the molecule is Cc1sc2c(c1C(=O)NCc1ccc(Cl)cc1)CCN(CC1(S(=O)(=O)C(C)(C)C(O)CO)CC1)C2=O. The normalized spacial score (nSPS) is 18.1. The van der Waals surface area contributed by atoms with Crippen molar-refractivity contribution < 1.29 is 28.2 Å². The number of nitrogens with zero attached hydrogens (tertiary/aromatic N) is 1. The first-order chi connectivity index (χ1) is 16.8. The zero-order valence-electron chi connectivity index (χ0n) is 20.5. The number of carbonyl (C=O) groups is 2. The van der Waals surface area contributed by atoms with Gasteiger partial charge in [0, 0.05) is 29.5 Å². The fourth-order valence-corrected chi connectivity index (χ4v) is 8.58. The van der Waals surface area contributed by atoms with Crippen LogP contribution in [0.15, 0.2) is 24.3 Å². The first kappa shape index (κ1) is 27.1. The first-order valence-corrected chi connectivity index (χ1v) is 14.5. The predicted molar refractivity (Wildman–Crippen MR) is 139 cm³/mol. The molecule has 0 radical (unpaired) electrons. The molecule has 0 bridgehead atoms. The maximum Gasteiger partial charge on any atom is 0.264 e. The largest absolute Gasteiger partial charge is 0.394 e. The molecular formula is C25H31ClN2O6S2. The van der Waals surface area contributed by atoms with E-state index in [-0.39, 0.29) is 18.4 Å². The summed E-state index contributed by atoms with van der Waals surface area (Å²) in [4.78, 5) is 29.2. The van der Waals surface area contributed by atoms with Gasteiger partial charge >= 0.3 is 0 Å². The molecule has 4 rings (SSSR count). The van der Waals surface area contributed by atoms with Gasteiger partial charge in [0.1, 0.15) is 0 Å². The number of nitrogens with one attached hydrogen (secondary N) is 1. The van der Waals surface area contributed by atoms with Crippen molar-refractivity contribution in [1.82, 2.24) is 10.2 Å². The number of fused-ring (bicyclic) bond motifs is 1. The number of benzene rings is 1. The van der Waals surface area contributed by atoms with Gasteiger partial charge in [-0.2, -0.15) is 0 Å². The van der Waals surface area contributed by atoms with Crippen molar-refractivity contribution in [2.24, 2.45) is 0 Å². The van der Waals surface area contributed by atoms with E-state index in [2.05, 4.69) is 5.32 Å². The Balaban J connectivity index is 1.51. The molecule has 1 aliphatic carbocycles. The highest BCUT2D eigenvalue weighted by molar-refractivity contribution is 7.94. The molecule has 2 amide bonds. The summed E-state index contributed by atoms with van der Waals surface area (Å²) in [6.07, 6.45) is -0.170. The molecular weight excluding hydrogens is 524 g/mol. The summed E-state index contributed by atoms with van der Waals surface area (Å²) in [7, 11) is -3.86. The van der Waals surface area contributed by atoms with Gasteiger partial charge in [-0.05, 0) is 63.3 Å². The zero-order valence-corrected chi connectivity index (χ0v) is 22.9. The number of carbonyl (C=O) groups excluding carboxylic acids is 2. The molecule has 36 heavy (non-hydrogen) atoms. The Morgan fingerprint density at radius 1 is 1.28 bits per heavy atom. The number of halogens is 1. The van der Waals surface area contributed by atoms with Gasteiger partial charge in [0.15, 0.2) is 9.84 Å². The molecule has 1 atom stereocenters. The molecule has 0 saturated heterocycles. The van der Waals surface area contributed by atoms with Crippen molar-refractivity contribution in [3.05, 3.63) is 55.7 Å². The molecule has 2 aromatic rings. The van der Waals surface area contributed by atoms with Crippen molar-refractivity contribution in [3.8, 4) is 0 Å². The molecule has 1 aliphatic heterocycles. The van der Waals surface area contributed by atoms with E-state index in [1.165, 1.54) is 25.2 Å². The van der Waals surface area contributed by atoms with Gasteiger partial charge in [-0.25, -0.2) is 8.42 Å². The molecule has 1 aromatic heterocycles. The van der Waals surface area contributed by atoms with Crippen LogP contribution in [0.2, 0.25) is 5.02 Å². The van der Waals surface area contributed by atoms with Crippen LogP contribution in [-0.2, 0) is 22.8 Å². The summed E-state index contributed by atoms with van der Waals surface area (Å²) in [6.45, 7) is 4.64. The minimum Gasteiger partial charge on any atom is -0.394 e. The van der Waals surface area contributed by atoms with Crippen molar-refractivity contribution in [2.45, 2.75) is 62.2 Å². The van der Waals surface area contributed by atoms with E-state index >= 15 is 0 Å². The number of rotatable bonds is 9. The highest BCUT2D eigenvalue weighted by Crippen LogP contribution is 2.50. The number of aliphatic hydroxyl groups is 2. The van der Waals surface area contributed by atoms with Crippen LogP contribution in [0.25, 0.3) is 0 Å². The van der Waals surface area contributed by atoms with Crippen molar-refractivity contribution in [3.63, 3.8) is 0 Å². The van der Waals surface area contributed by atoms with Gasteiger partial charge in [0.05, 0.1) is 32.6 Å².